The van der Waals surface area contributed by atoms with Crippen molar-refractivity contribution in [1.82, 2.24) is 10.6 Å². The summed E-state index contributed by atoms with van der Waals surface area (Å²) < 4.78 is 0. The Morgan fingerprint density at radius 1 is 1.40 bits per heavy atom. The Balaban J connectivity index is 3.62. The fraction of sp³-hybridized carbons (Fsp3) is 0.750. The Bertz CT molecular complexity index is 220. The molecular formula is C12H22N2O. The second-order valence-corrected chi connectivity index (χ2v) is 3.95. The number of terminal acetylenes is 1. The average molecular weight is 210 g/mol. The van der Waals surface area contributed by atoms with E-state index in [-0.39, 0.29) is 18.0 Å². The zero-order valence-electron chi connectivity index (χ0n) is 9.97. The lowest BCUT2D eigenvalue weighted by atomic mass is 10.2. The minimum Gasteiger partial charge on any atom is -0.353 e. The normalized spacial score (nSPS) is 14.0. The van der Waals surface area contributed by atoms with Gasteiger partial charge in [0.05, 0.1) is 6.54 Å². The maximum atomic E-state index is 11.4. The molecule has 0 aliphatic heterocycles. The van der Waals surface area contributed by atoms with Gasteiger partial charge in [0.2, 0.25) is 5.91 Å². The standard InChI is InChI=1S/C12H22N2O/c1-5-7-10(3)13-9-12(15)14-11(4)8-6-2/h1,10-11,13H,6-9H2,2-4H3,(H,14,15). The SMILES string of the molecule is C#CCC(C)NCC(=O)NC(C)CCC. The zero-order chi connectivity index (χ0) is 11.7. The Morgan fingerprint density at radius 3 is 2.60 bits per heavy atom. The van der Waals surface area contributed by atoms with E-state index in [1.54, 1.807) is 0 Å². The van der Waals surface area contributed by atoms with Gasteiger partial charge in [0.25, 0.3) is 0 Å². The van der Waals surface area contributed by atoms with Crippen LogP contribution in [0.2, 0.25) is 0 Å². The van der Waals surface area contributed by atoms with Crippen LogP contribution in [0.3, 0.4) is 0 Å². The van der Waals surface area contributed by atoms with E-state index >= 15 is 0 Å². The summed E-state index contributed by atoms with van der Waals surface area (Å²) in [5, 5.41) is 6.00. The Hall–Kier alpha value is -1.01. The van der Waals surface area contributed by atoms with E-state index in [0.29, 0.717) is 13.0 Å². The minimum absolute atomic E-state index is 0.0415. The first kappa shape index (κ1) is 14.0. The van der Waals surface area contributed by atoms with E-state index in [0.717, 1.165) is 12.8 Å². The zero-order valence-corrected chi connectivity index (χ0v) is 9.97. The molecule has 3 nitrogen and oxygen atoms in total. The quantitative estimate of drug-likeness (QED) is 0.622. The minimum atomic E-state index is 0.0415. The average Bonchev–Trinajstić information content (AvgIpc) is 2.15. The lowest BCUT2D eigenvalue weighted by Crippen LogP contribution is -2.41. The van der Waals surface area contributed by atoms with Crippen LogP contribution >= 0.6 is 0 Å². The van der Waals surface area contributed by atoms with Gasteiger partial charge in [-0.1, -0.05) is 13.3 Å². The number of hydrogen-bond donors (Lipinski definition) is 2. The summed E-state index contributed by atoms with van der Waals surface area (Å²) in [4.78, 5) is 11.4. The smallest absolute Gasteiger partial charge is 0.234 e. The molecule has 0 aromatic rings. The molecule has 1 amide bonds. The van der Waals surface area contributed by atoms with Crippen LogP contribution in [-0.4, -0.2) is 24.5 Å². The molecule has 3 heteroatoms. The number of hydrogen-bond acceptors (Lipinski definition) is 2. The van der Waals surface area contributed by atoms with E-state index in [2.05, 4.69) is 23.5 Å². The molecule has 0 rings (SSSR count). The number of rotatable bonds is 7. The summed E-state index contributed by atoms with van der Waals surface area (Å²) in [7, 11) is 0. The molecule has 0 bridgehead atoms. The fourth-order valence-electron chi connectivity index (χ4n) is 1.35. The predicted molar refractivity (Wildman–Crippen MR) is 63.4 cm³/mol. The van der Waals surface area contributed by atoms with Crippen LogP contribution < -0.4 is 10.6 Å². The van der Waals surface area contributed by atoms with Crippen LogP contribution in [0.15, 0.2) is 0 Å². The third-order valence-corrected chi connectivity index (χ3v) is 2.16. The number of amides is 1. The summed E-state index contributed by atoms with van der Waals surface area (Å²) in [5.41, 5.74) is 0. The largest absolute Gasteiger partial charge is 0.353 e. The summed E-state index contributed by atoms with van der Waals surface area (Å²) in [6, 6.07) is 0.453. The fourth-order valence-corrected chi connectivity index (χ4v) is 1.35. The number of carbonyl (C=O) groups excluding carboxylic acids is 1. The second-order valence-electron chi connectivity index (χ2n) is 3.95. The molecule has 0 aliphatic rings. The van der Waals surface area contributed by atoms with E-state index in [1.165, 1.54) is 0 Å². The van der Waals surface area contributed by atoms with Gasteiger partial charge in [-0.25, -0.2) is 0 Å². The van der Waals surface area contributed by atoms with Gasteiger partial charge in [0, 0.05) is 18.5 Å². The first-order chi connectivity index (χ1) is 7.10. The van der Waals surface area contributed by atoms with Crippen LogP contribution in [0.4, 0.5) is 0 Å². The van der Waals surface area contributed by atoms with Crippen molar-refractivity contribution in [1.29, 1.82) is 0 Å². The molecule has 0 aromatic heterocycles. The summed E-state index contributed by atoms with van der Waals surface area (Å²) in [5.74, 6) is 2.60. The van der Waals surface area contributed by atoms with Gasteiger partial charge in [-0.05, 0) is 20.3 Å². The van der Waals surface area contributed by atoms with Crippen LogP contribution in [0, 0.1) is 12.3 Å². The van der Waals surface area contributed by atoms with E-state index in [1.807, 2.05) is 13.8 Å². The first-order valence-electron chi connectivity index (χ1n) is 5.56. The molecule has 2 atom stereocenters. The predicted octanol–water partition coefficient (Wildman–Crippen LogP) is 1.29. The highest BCUT2D eigenvalue weighted by atomic mass is 16.1. The molecular weight excluding hydrogens is 188 g/mol. The third kappa shape index (κ3) is 8.02. The lowest BCUT2D eigenvalue weighted by Gasteiger charge is -2.14. The van der Waals surface area contributed by atoms with Gasteiger partial charge >= 0.3 is 0 Å². The van der Waals surface area contributed by atoms with Crippen molar-refractivity contribution in [2.24, 2.45) is 0 Å². The Morgan fingerprint density at radius 2 is 2.07 bits per heavy atom. The van der Waals surface area contributed by atoms with Crippen LogP contribution in [0.5, 0.6) is 0 Å². The summed E-state index contributed by atoms with van der Waals surface area (Å²) in [6.45, 7) is 6.45. The lowest BCUT2D eigenvalue weighted by molar-refractivity contribution is -0.121. The monoisotopic (exact) mass is 210 g/mol. The van der Waals surface area contributed by atoms with Gasteiger partial charge in [-0.15, -0.1) is 12.3 Å². The molecule has 0 fully saturated rings. The highest BCUT2D eigenvalue weighted by Gasteiger charge is 2.07. The molecule has 0 saturated heterocycles. The van der Waals surface area contributed by atoms with Crippen LogP contribution in [0.1, 0.15) is 40.0 Å². The molecule has 2 unspecified atom stereocenters. The highest BCUT2D eigenvalue weighted by Crippen LogP contribution is 1.94. The van der Waals surface area contributed by atoms with Gasteiger partial charge in [0.15, 0.2) is 0 Å². The Labute approximate surface area is 93.0 Å². The first-order valence-corrected chi connectivity index (χ1v) is 5.56. The van der Waals surface area contributed by atoms with E-state index < -0.39 is 0 Å². The third-order valence-electron chi connectivity index (χ3n) is 2.16. The summed E-state index contributed by atoms with van der Waals surface area (Å²) in [6.07, 6.45) is 7.92. The molecule has 2 N–H and O–H groups in total. The van der Waals surface area contributed by atoms with Crippen molar-refractivity contribution >= 4 is 5.91 Å². The van der Waals surface area contributed by atoms with Crippen molar-refractivity contribution < 1.29 is 4.79 Å². The highest BCUT2D eigenvalue weighted by molar-refractivity contribution is 5.78. The molecule has 0 saturated carbocycles. The maximum absolute atomic E-state index is 11.4. The van der Waals surface area contributed by atoms with Crippen molar-refractivity contribution in [3.8, 4) is 12.3 Å². The molecule has 0 heterocycles. The number of carbonyl (C=O) groups is 1. The van der Waals surface area contributed by atoms with E-state index in [4.69, 9.17) is 6.42 Å². The van der Waals surface area contributed by atoms with Crippen LogP contribution in [-0.2, 0) is 4.79 Å². The van der Waals surface area contributed by atoms with E-state index in [9.17, 15) is 4.79 Å². The summed E-state index contributed by atoms with van der Waals surface area (Å²) >= 11 is 0. The molecule has 0 radical (unpaired) electrons. The van der Waals surface area contributed by atoms with Crippen LogP contribution in [0.25, 0.3) is 0 Å². The van der Waals surface area contributed by atoms with Crippen molar-refractivity contribution in [3.63, 3.8) is 0 Å². The molecule has 86 valence electrons. The molecule has 0 spiro atoms. The number of nitrogens with one attached hydrogen (secondary N) is 2. The topological polar surface area (TPSA) is 41.1 Å². The van der Waals surface area contributed by atoms with Gasteiger partial charge in [-0.3, -0.25) is 4.79 Å². The molecule has 0 aliphatic carbocycles. The molecule has 15 heavy (non-hydrogen) atoms. The van der Waals surface area contributed by atoms with Gasteiger partial charge < -0.3 is 10.6 Å². The van der Waals surface area contributed by atoms with Crippen molar-refractivity contribution in [3.05, 3.63) is 0 Å². The van der Waals surface area contributed by atoms with Gasteiger partial charge in [-0.2, -0.15) is 0 Å². The maximum Gasteiger partial charge on any atom is 0.234 e. The van der Waals surface area contributed by atoms with Gasteiger partial charge in [0.1, 0.15) is 0 Å². The van der Waals surface area contributed by atoms with Crippen molar-refractivity contribution in [2.75, 3.05) is 6.54 Å². The van der Waals surface area contributed by atoms with Crippen molar-refractivity contribution in [2.45, 2.75) is 52.1 Å². The molecule has 0 aromatic carbocycles. The second kappa shape index (κ2) is 8.31. The Kier molecular flexibility index (Phi) is 7.75.